The van der Waals surface area contributed by atoms with E-state index in [4.69, 9.17) is 4.42 Å². The number of hydrogen-bond donors (Lipinski definition) is 0. The first-order valence-electron chi connectivity index (χ1n) is 9.28. The van der Waals surface area contributed by atoms with Crippen molar-refractivity contribution in [2.45, 2.75) is 25.9 Å². The van der Waals surface area contributed by atoms with E-state index in [0.717, 1.165) is 18.7 Å². The molecular weight excluding hydrogens is 342 g/mol. The number of amides is 1. The number of likely N-dealkylation sites (N-methyl/N-ethyl adjacent to an activating group) is 1. The fourth-order valence-electron chi connectivity index (χ4n) is 3.67. The summed E-state index contributed by atoms with van der Waals surface area (Å²) in [4.78, 5) is 28.9. The van der Waals surface area contributed by atoms with Crippen LogP contribution < -0.4 is 10.7 Å². The largest absolute Gasteiger partial charge is 0.420 e. The lowest BCUT2D eigenvalue weighted by Crippen LogP contribution is -2.33. The van der Waals surface area contributed by atoms with Crippen molar-refractivity contribution < 1.29 is 9.21 Å². The highest BCUT2D eigenvalue weighted by atomic mass is 16.4. The molecule has 2 aromatic carbocycles. The predicted molar refractivity (Wildman–Crippen MR) is 105 cm³/mol. The van der Waals surface area contributed by atoms with E-state index in [1.807, 2.05) is 18.2 Å². The number of carbonyl (C=O) groups is 1. The minimum atomic E-state index is -0.504. The van der Waals surface area contributed by atoms with E-state index in [2.05, 4.69) is 17.0 Å². The smallest absolute Gasteiger partial charge is 0.408 e. The molecule has 3 aromatic rings. The predicted octanol–water partition coefficient (Wildman–Crippen LogP) is 2.85. The Morgan fingerprint density at radius 1 is 1.07 bits per heavy atom. The van der Waals surface area contributed by atoms with Gasteiger partial charge in [-0.1, -0.05) is 30.3 Å². The Balaban J connectivity index is 1.52. The number of rotatable bonds is 5. The van der Waals surface area contributed by atoms with Crippen LogP contribution in [0.5, 0.6) is 0 Å². The summed E-state index contributed by atoms with van der Waals surface area (Å²) in [5, 5.41) is 0. The van der Waals surface area contributed by atoms with Crippen molar-refractivity contribution in [3.63, 3.8) is 0 Å². The van der Waals surface area contributed by atoms with E-state index in [0.29, 0.717) is 17.6 Å². The number of hydrogen-bond acceptors (Lipinski definition) is 4. The number of nitrogens with zero attached hydrogens (tertiary/aromatic N) is 3. The van der Waals surface area contributed by atoms with Crippen LogP contribution in [0.25, 0.3) is 11.1 Å². The molecule has 6 nitrogen and oxygen atoms in total. The Morgan fingerprint density at radius 3 is 2.59 bits per heavy atom. The van der Waals surface area contributed by atoms with Gasteiger partial charge in [-0.25, -0.2) is 4.79 Å². The molecule has 0 radical (unpaired) electrons. The molecule has 0 atom stereocenters. The number of carbonyl (C=O) groups excluding carboxylic acids is 1. The highest BCUT2D eigenvalue weighted by Gasteiger charge is 2.19. The highest BCUT2D eigenvalue weighted by molar-refractivity contribution is 5.79. The average Bonchev–Trinajstić information content (AvgIpc) is 3.31. The van der Waals surface area contributed by atoms with Crippen LogP contribution in [0.3, 0.4) is 0 Å². The van der Waals surface area contributed by atoms with Gasteiger partial charge in [-0.15, -0.1) is 0 Å². The van der Waals surface area contributed by atoms with Gasteiger partial charge in [0, 0.05) is 32.4 Å². The lowest BCUT2D eigenvalue weighted by Gasteiger charge is -2.24. The summed E-state index contributed by atoms with van der Waals surface area (Å²) in [7, 11) is 1.77. The number of para-hydroxylation sites is 3. The molecule has 0 unspecified atom stereocenters. The van der Waals surface area contributed by atoms with Crippen molar-refractivity contribution >= 4 is 22.7 Å². The average molecular weight is 365 g/mol. The van der Waals surface area contributed by atoms with Crippen LogP contribution in [0, 0.1) is 0 Å². The second-order valence-corrected chi connectivity index (χ2v) is 6.99. The summed E-state index contributed by atoms with van der Waals surface area (Å²) in [6.45, 7) is 2.60. The fourth-order valence-corrected chi connectivity index (χ4v) is 3.67. The van der Waals surface area contributed by atoms with Gasteiger partial charge in [-0.2, -0.15) is 0 Å². The summed E-state index contributed by atoms with van der Waals surface area (Å²) in [5.74, 6) is -0.629. The van der Waals surface area contributed by atoms with Crippen LogP contribution in [-0.4, -0.2) is 35.5 Å². The maximum atomic E-state index is 12.8. The van der Waals surface area contributed by atoms with Gasteiger partial charge in [0.05, 0.1) is 5.52 Å². The molecule has 27 heavy (non-hydrogen) atoms. The number of benzene rings is 2. The third-order valence-corrected chi connectivity index (χ3v) is 5.14. The van der Waals surface area contributed by atoms with Gasteiger partial charge in [0.2, 0.25) is 5.91 Å². The summed E-state index contributed by atoms with van der Waals surface area (Å²) < 4.78 is 6.60. The van der Waals surface area contributed by atoms with E-state index in [1.165, 1.54) is 23.1 Å². The molecule has 1 fully saturated rings. The Bertz CT molecular complexity index is 1010. The summed E-state index contributed by atoms with van der Waals surface area (Å²) in [5.41, 5.74) is 3.46. The molecule has 1 aromatic heterocycles. The topological polar surface area (TPSA) is 58.7 Å². The van der Waals surface area contributed by atoms with E-state index >= 15 is 0 Å². The van der Waals surface area contributed by atoms with E-state index in [1.54, 1.807) is 30.1 Å². The SMILES string of the molecule is CN(Cc1ccccc1N1CCCC1)C(=O)Cn1c(=O)oc2ccccc21. The summed E-state index contributed by atoms with van der Waals surface area (Å²) >= 11 is 0. The van der Waals surface area contributed by atoms with Gasteiger partial charge in [0.25, 0.3) is 0 Å². The second-order valence-electron chi connectivity index (χ2n) is 6.99. The molecule has 1 aliphatic rings. The number of anilines is 1. The van der Waals surface area contributed by atoms with Crippen molar-refractivity contribution in [3.05, 3.63) is 64.6 Å². The van der Waals surface area contributed by atoms with Crippen LogP contribution in [0.2, 0.25) is 0 Å². The van der Waals surface area contributed by atoms with Crippen molar-refractivity contribution in [2.24, 2.45) is 0 Å². The normalized spacial score (nSPS) is 14.0. The molecule has 140 valence electrons. The molecule has 0 aliphatic carbocycles. The first kappa shape index (κ1) is 17.4. The van der Waals surface area contributed by atoms with E-state index < -0.39 is 5.76 Å². The van der Waals surface area contributed by atoms with E-state index in [9.17, 15) is 9.59 Å². The Labute approximate surface area is 157 Å². The Morgan fingerprint density at radius 2 is 1.78 bits per heavy atom. The van der Waals surface area contributed by atoms with E-state index in [-0.39, 0.29) is 12.5 Å². The fraction of sp³-hybridized carbons (Fsp3) is 0.333. The zero-order chi connectivity index (χ0) is 18.8. The quantitative estimate of drug-likeness (QED) is 0.698. The van der Waals surface area contributed by atoms with Crippen LogP contribution in [-0.2, 0) is 17.9 Å². The third-order valence-electron chi connectivity index (χ3n) is 5.14. The first-order valence-corrected chi connectivity index (χ1v) is 9.28. The van der Waals surface area contributed by atoms with Crippen molar-refractivity contribution in [1.82, 2.24) is 9.47 Å². The molecule has 1 saturated heterocycles. The third kappa shape index (κ3) is 3.47. The highest BCUT2D eigenvalue weighted by Crippen LogP contribution is 2.25. The lowest BCUT2D eigenvalue weighted by atomic mass is 10.1. The summed E-state index contributed by atoms with van der Waals surface area (Å²) in [6.07, 6.45) is 2.42. The molecule has 4 rings (SSSR count). The van der Waals surface area contributed by atoms with Gasteiger partial charge in [0.1, 0.15) is 6.54 Å². The van der Waals surface area contributed by atoms with Crippen LogP contribution in [0.15, 0.2) is 57.7 Å². The van der Waals surface area contributed by atoms with Crippen molar-refractivity contribution in [3.8, 4) is 0 Å². The molecule has 0 saturated carbocycles. The molecule has 1 amide bonds. The Kier molecular flexibility index (Phi) is 4.71. The maximum absolute atomic E-state index is 12.8. The first-order chi connectivity index (χ1) is 13.1. The van der Waals surface area contributed by atoms with Gasteiger partial charge >= 0.3 is 5.76 Å². The molecule has 0 spiro atoms. The zero-order valence-electron chi connectivity index (χ0n) is 15.4. The van der Waals surface area contributed by atoms with Crippen LogP contribution in [0.4, 0.5) is 5.69 Å². The monoisotopic (exact) mass is 365 g/mol. The van der Waals surface area contributed by atoms with Crippen LogP contribution >= 0.6 is 0 Å². The van der Waals surface area contributed by atoms with Gasteiger partial charge in [-0.3, -0.25) is 9.36 Å². The van der Waals surface area contributed by atoms with Gasteiger partial charge < -0.3 is 14.2 Å². The molecule has 0 bridgehead atoms. The molecular formula is C21H23N3O3. The lowest BCUT2D eigenvalue weighted by molar-refractivity contribution is -0.131. The molecule has 1 aliphatic heterocycles. The Hall–Kier alpha value is -3.02. The minimum absolute atomic E-state index is 0.0295. The van der Waals surface area contributed by atoms with Crippen molar-refractivity contribution in [2.75, 3.05) is 25.0 Å². The molecule has 6 heteroatoms. The second kappa shape index (κ2) is 7.31. The van der Waals surface area contributed by atoms with Crippen LogP contribution in [0.1, 0.15) is 18.4 Å². The number of fused-ring (bicyclic) bond motifs is 1. The molecule has 2 heterocycles. The van der Waals surface area contributed by atoms with Gasteiger partial charge in [0.15, 0.2) is 5.58 Å². The number of aromatic nitrogens is 1. The molecule has 0 N–H and O–H groups in total. The minimum Gasteiger partial charge on any atom is -0.408 e. The van der Waals surface area contributed by atoms with Crippen molar-refractivity contribution in [1.29, 1.82) is 0 Å². The maximum Gasteiger partial charge on any atom is 0.420 e. The zero-order valence-corrected chi connectivity index (χ0v) is 15.4. The summed E-state index contributed by atoms with van der Waals surface area (Å²) in [6, 6.07) is 15.4. The van der Waals surface area contributed by atoms with Gasteiger partial charge in [-0.05, 0) is 36.6 Å². The number of oxazole rings is 1. The standard InChI is InChI=1S/C21H23N3O3/c1-22(14-16-8-2-3-9-17(16)23-12-6-7-13-23)20(25)15-24-18-10-4-5-11-19(18)27-21(24)26/h2-5,8-11H,6-7,12-15H2,1H3.